The fourth-order valence-corrected chi connectivity index (χ4v) is 2.91. The van der Waals surface area contributed by atoms with Crippen molar-refractivity contribution in [3.8, 4) is 5.75 Å². The molecule has 112 valence electrons. The van der Waals surface area contributed by atoms with Gasteiger partial charge in [-0.1, -0.05) is 47.5 Å². The fourth-order valence-electron chi connectivity index (χ4n) is 2.40. The van der Waals surface area contributed by atoms with Crippen LogP contribution in [0.1, 0.15) is 10.4 Å². The van der Waals surface area contributed by atoms with Crippen molar-refractivity contribution in [2.24, 2.45) is 7.05 Å². The third kappa shape index (κ3) is 2.70. The number of ketones is 1. The summed E-state index contributed by atoms with van der Waals surface area (Å²) in [5.74, 6) is 0.215. The summed E-state index contributed by atoms with van der Waals surface area (Å²) in [5, 5.41) is 1.68. The number of aromatic nitrogens is 1. The molecule has 0 saturated heterocycles. The Morgan fingerprint density at radius 3 is 2.50 bits per heavy atom. The fraction of sp³-hybridized carbons (Fsp3) is 0.118. The second kappa shape index (κ2) is 6.03. The Balaban J connectivity index is 1.85. The average Bonchev–Trinajstić information content (AvgIpc) is 2.84. The molecule has 3 rings (SSSR count). The molecule has 0 saturated carbocycles. The zero-order chi connectivity index (χ0) is 15.7. The third-order valence-corrected chi connectivity index (χ3v) is 4.06. The van der Waals surface area contributed by atoms with Crippen molar-refractivity contribution >= 4 is 39.9 Å². The lowest BCUT2D eigenvalue weighted by molar-refractivity contribution is 0.0923. The SMILES string of the molecule is Cn1cc(C(=O)COc2c(Cl)cccc2Cl)c2ccccc21. The number of benzene rings is 2. The normalized spacial score (nSPS) is 10.9. The summed E-state index contributed by atoms with van der Waals surface area (Å²) in [4.78, 5) is 12.4. The van der Waals surface area contributed by atoms with Crippen LogP contribution in [-0.4, -0.2) is 17.0 Å². The van der Waals surface area contributed by atoms with E-state index >= 15 is 0 Å². The van der Waals surface area contributed by atoms with Gasteiger partial charge in [0.15, 0.2) is 12.4 Å². The number of aryl methyl sites for hydroxylation is 1. The van der Waals surface area contributed by atoms with Crippen molar-refractivity contribution in [3.05, 3.63) is 64.3 Å². The number of rotatable bonds is 4. The summed E-state index contributed by atoms with van der Waals surface area (Å²) in [6, 6.07) is 12.8. The predicted molar refractivity (Wildman–Crippen MR) is 89.2 cm³/mol. The van der Waals surface area contributed by atoms with Crippen LogP contribution >= 0.6 is 23.2 Å². The second-order valence-electron chi connectivity index (χ2n) is 4.93. The van der Waals surface area contributed by atoms with Gasteiger partial charge in [0.1, 0.15) is 0 Å². The standard InChI is InChI=1S/C17H13Cl2NO2/c1-20-9-12(11-5-2-3-8-15(11)20)16(21)10-22-17-13(18)6-4-7-14(17)19/h2-9H,10H2,1H3. The predicted octanol–water partition coefficient (Wildman–Crippen LogP) is 4.75. The van der Waals surface area contributed by atoms with E-state index in [1.165, 1.54) is 0 Å². The largest absolute Gasteiger partial charge is 0.482 e. The molecule has 0 aliphatic rings. The van der Waals surface area contributed by atoms with E-state index in [1.54, 1.807) is 18.2 Å². The first-order valence-electron chi connectivity index (χ1n) is 6.72. The van der Waals surface area contributed by atoms with Crippen LogP contribution in [0.4, 0.5) is 0 Å². The van der Waals surface area contributed by atoms with Crippen LogP contribution in [-0.2, 0) is 7.05 Å². The van der Waals surface area contributed by atoms with Crippen molar-refractivity contribution in [3.63, 3.8) is 0 Å². The topological polar surface area (TPSA) is 31.2 Å². The van der Waals surface area contributed by atoms with E-state index in [1.807, 2.05) is 42.1 Å². The molecule has 0 radical (unpaired) electrons. The van der Waals surface area contributed by atoms with Gasteiger partial charge in [-0.3, -0.25) is 4.79 Å². The minimum atomic E-state index is -0.118. The number of hydrogen-bond donors (Lipinski definition) is 0. The van der Waals surface area contributed by atoms with E-state index < -0.39 is 0 Å². The van der Waals surface area contributed by atoms with Crippen LogP contribution in [0.2, 0.25) is 10.0 Å². The van der Waals surface area contributed by atoms with E-state index in [0.717, 1.165) is 10.9 Å². The molecule has 5 heteroatoms. The molecule has 22 heavy (non-hydrogen) atoms. The lowest BCUT2D eigenvalue weighted by Gasteiger charge is -2.08. The molecule has 0 amide bonds. The van der Waals surface area contributed by atoms with Crippen LogP contribution in [0.15, 0.2) is 48.7 Å². The number of nitrogens with zero attached hydrogens (tertiary/aromatic N) is 1. The molecule has 0 N–H and O–H groups in total. The van der Waals surface area contributed by atoms with Gasteiger partial charge in [-0.05, 0) is 18.2 Å². The van der Waals surface area contributed by atoms with Gasteiger partial charge in [0.2, 0.25) is 5.78 Å². The first kappa shape index (κ1) is 14.9. The first-order valence-corrected chi connectivity index (χ1v) is 7.47. The Hall–Kier alpha value is -1.97. The summed E-state index contributed by atoms with van der Waals surface area (Å²) < 4.78 is 7.44. The van der Waals surface area contributed by atoms with Crippen LogP contribution in [0, 0.1) is 0 Å². The molecule has 0 bridgehead atoms. The third-order valence-electron chi connectivity index (χ3n) is 3.46. The van der Waals surface area contributed by atoms with Crippen LogP contribution in [0.25, 0.3) is 10.9 Å². The molecule has 1 aromatic heterocycles. The summed E-state index contributed by atoms with van der Waals surface area (Å²) in [5.41, 5.74) is 1.63. The van der Waals surface area contributed by atoms with Crippen molar-refractivity contribution in [2.75, 3.05) is 6.61 Å². The number of ether oxygens (including phenoxy) is 1. The zero-order valence-corrected chi connectivity index (χ0v) is 13.4. The quantitative estimate of drug-likeness (QED) is 0.645. The minimum absolute atomic E-state index is 0.114. The van der Waals surface area contributed by atoms with Crippen LogP contribution in [0.5, 0.6) is 5.75 Å². The van der Waals surface area contributed by atoms with Gasteiger partial charge in [0.25, 0.3) is 0 Å². The lowest BCUT2D eigenvalue weighted by Crippen LogP contribution is -2.11. The molecule has 3 nitrogen and oxygen atoms in total. The zero-order valence-electron chi connectivity index (χ0n) is 11.8. The summed E-state index contributed by atoms with van der Waals surface area (Å²) in [7, 11) is 1.91. The molecule has 3 aromatic rings. The molecule has 0 unspecified atom stereocenters. The summed E-state index contributed by atoms with van der Waals surface area (Å²) in [6.45, 7) is -0.114. The molecule has 0 fully saturated rings. The highest BCUT2D eigenvalue weighted by Gasteiger charge is 2.15. The van der Waals surface area contributed by atoms with Crippen molar-refractivity contribution in [2.45, 2.75) is 0 Å². The van der Waals surface area contributed by atoms with Gasteiger partial charge >= 0.3 is 0 Å². The van der Waals surface area contributed by atoms with Crippen molar-refractivity contribution < 1.29 is 9.53 Å². The van der Waals surface area contributed by atoms with Crippen LogP contribution in [0.3, 0.4) is 0 Å². The molecular formula is C17H13Cl2NO2. The Kier molecular flexibility index (Phi) is 4.10. The maximum absolute atomic E-state index is 12.4. The molecule has 1 heterocycles. The molecule has 0 atom stereocenters. The van der Waals surface area contributed by atoms with Crippen LogP contribution < -0.4 is 4.74 Å². The highest BCUT2D eigenvalue weighted by molar-refractivity contribution is 6.37. The van der Waals surface area contributed by atoms with E-state index in [0.29, 0.717) is 21.4 Å². The number of halogens is 2. The highest BCUT2D eigenvalue weighted by Crippen LogP contribution is 2.32. The van der Waals surface area contributed by atoms with E-state index in [-0.39, 0.29) is 12.4 Å². The van der Waals surface area contributed by atoms with Gasteiger partial charge in [-0.25, -0.2) is 0 Å². The molecular weight excluding hydrogens is 321 g/mol. The lowest BCUT2D eigenvalue weighted by atomic mass is 10.1. The van der Waals surface area contributed by atoms with Gasteiger partial charge in [0.05, 0.1) is 10.0 Å². The summed E-state index contributed by atoms with van der Waals surface area (Å²) >= 11 is 12.1. The number of carbonyl (C=O) groups is 1. The Morgan fingerprint density at radius 2 is 1.77 bits per heavy atom. The van der Waals surface area contributed by atoms with Gasteiger partial charge in [-0.15, -0.1) is 0 Å². The smallest absolute Gasteiger partial charge is 0.202 e. The number of fused-ring (bicyclic) bond motifs is 1. The first-order chi connectivity index (χ1) is 10.6. The second-order valence-corrected chi connectivity index (χ2v) is 5.75. The summed E-state index contributed by atoms with van der Waals surface area (Å²) in [6.07, 6.45) is 1.81. The number of para-hydroxylation sites is 2. The van der Waals surface area contributed by atoms with Crippen molar-refractivity contribution in [1.82, 2.24) is 4.57 Å². The number of Topliss-reactive ketones (excluding diaryl/α,β-unsaturated/α-hetero) is 1. The molecule has 0 aliphatic carbocycles. The maximum atomic E-state index is 12.4. The number of hydrogen-bond acceptors (Lipinski definition) is 2. The number of carbonyl (C=O) groups excluding carboxylic acids is 1. The Bertz CT molecular complexity index is 835. The van der Waals surface area contributed by atoms with E-state index in [9.17, 15) is 4.79 Å². The van der Waals surface area contributed by atoms with Crippen molar-refractivity contribution in [1.29, 1.82) is 0 Å². The van der Waals surface area contributed by atoms with Gasteiger partial charge < -0.3 is 9.30 Å². The Labute approximate surface area is 138 Å². The maximum Gasteiger partial charge on any atom is 0.202 e. The Morgan fingerprint density at radius 1 is 1.09 bits per heavy atom. The van der Waals surface area contributed by atoms with Gasteiger partial charge in [0, 0.05) is 29.7 Å². The monoisotopic (exact) mass is 333 g/mol. The van der Waals surface area contributed by atoms with Gasteiger partial charge in [-0.2, -0.15) is 0 Å². The average molecular weight is 334 g/mol. The molecule has 0 aliphatic heterocycles. The highest BCUT2D eigenvalue weighted by atomic mass is 35.5. The molecule has 2 aromatic carbocycles. The minimum Gasteiger partial charge on any atom is -0.482 e. The van der Waals surface area contributed by atoms with E-state index in [2.05, 4.69) is 0 Å². The molecule has 0 spiro atoms. The van der Waals surface area contributed by atoms with E-state index in [4.69, 9.17) is 27.9 Å².